The van der Waals surface area contributed by atoms with Gasteiger partial charge >= 0.3 is 17.8 Å². The summed E-state index contributed by atoms with van der Waals surface area (Å²) >= 11 is 0. The van der Waals surface area contributed by atoms with Crippen LogP contribution in [0.4, 0.5) is 4.53 Å². The lowest BCUT2D eigenvalue weighted by Gasteiger charge is -1.89. The Labute approximate surface area is 62.4 Å². The Morgan fingerprint density at radius 1 is 1.27 bits per heavy atom. The van der Waals surface area contributed by atoms with Crippen LogP contribution >= 0.6 is 0 Å². The predicted molar refractivity (Wildman–Crippen MR) is 34.9 cm³/mol. The van der Waals surface area contributed by atoms with E-state index in [-0.39, 0.29) is 12.8 Å². The zero-order chi connectivity index (χ0) is 8.43. The van der Waals surface area contributed by atoms with E-state index in [0.717, 1.165) is 0 Å². The van der Waals surface area contributed by atoms with E-state index in [1.54, 1.807) is 0 Å². The van der Waals surface area contributed by atoms with E-state index in [4.69, 9.17) is 11.5 Å². The van der Waals surface area contributed by atoms with E-state index in [2.05, 4.69) is 4.53 Å². The van der Waals surface area contributed by atoms with E-state index in [0.29, 0.717) is 5.06 Å². The number of nitrogens with zero attached hydrogens (tertiary/aromatic N) is 1. The molecule has 6 nitrogen and oxygen atoms in total. The smallest absolute Gasteiger partial charge is 0.299 e. The average Bonchev–Trinajstić information content (AvgIpc) is 2.18. The topological polar surface area (TPSA) is 101 Å². The second-order valence-corrected chi connectivity index (χ2v) is 2.08. The number of carbonyl (C=O) groups is 2. The van der Waals surface area contributed by atoms with Crippen LogP contribution < -0.4 is 11.5 Å². The van der Waals surface area contributed by atoms with Gasteiger partial charge in [0.1, 0.15) is 0 Å². The van der Waals surface area contributed by atoms with Crippen molar-refractivity contribution in [3.8, 4) is 0 Å². The molecule has 1 saturated heterocycles. The van der Waals surface area contributed by atoms with Crippen LogP contribution in [0.3, 0.4) is 0 Å². The number of primary amides is 2. The molecule has 1 aliphatic rings. The Hall–Kier alpha value is -1.59. The molecule has 0 unspecified atom stereocenters. The third kappa shape index (κ3) is 1.46. The lowest BCUT2D eigenvalue weighted by Crippen LogP contribution is -2.29. The third-order valence-electron chi connectivity index (χ3n) is 1.20. The summed E-state index contributed by atoms with van der Waals surface area (Å²) < 4.78 is 4.44. The van der Waals surface area contributed by atoms with Crippen molar-refractivity contribution < 1.29 is 14.1 Å². The minimum Gasteiger partial charge on any atom is -0.299 e. The highest BCUT2D eigenvalue weighted by molar-refractivity contribution is 6.00. The molecule has 0 aliphatic carbocycles. The molecule has 0 saturated carbocycles. The Balaban J connectivity index is 2.77. The molecule has 0 aromatic heterocycles. The van der Waals surface area contributed by atoms with Gasteiger partial charge in [0.15, 0.2) is 0 Å². The van der Waals surface area contributed by atoms with Crippen LogP contribution in [0.5, 0.6) is 0 Å². The number of imide groups is 1. The number of nitrogens with two attached hydrogens (primary N) is 2. The molecule has 1 fully saturated rings. The van der Waals surface area contributed by atoms with Crippen LogP contribution in [-0.4, -0.2) is 22.9 Å². The molecule has 0 aromatic carbocycles. The number of urea groups is 1. The predicted octanol–water partition coefficient (Wildman–Crippen LogP) is -1.38. The molecular formula is C5H8N3O3+. The quantitative estimate of drug-likeness (QED) is 0.363. The molecule has 4 amide bonds. The first-order chi connectivity index (χ1) is 5.11. The summed E-state index contributed by atoms with van der Waals surface area (Å²) in [6.07, 6.45) is 0.318. The fraction of sp³-hybridized carbons (Fsp3) is 0.400. The first-order valence-electron chi connectivity index (χ1n) is 3.03. The highest BCUT2D eigenvalue weighted by Gasteiger charge is 2.38. The van der Waals surface area contributed by atoms with E-state index in [1.807, 2.05) is 0 Å². The minimum atomic E-state index is -0.414. The summed E-state index contributed by atoms with van der Waals surface area (Å²) in [5.74, 6) is -0.827. The standard InChI is InChI=1S/C5H8N3O3/c6-5(7)11-8-3(9)1-2-4(8)10/h1-2,6-7H2/q+1. The zero-order valence-corrected chi connectivity index (χ0v) is 5.74. The van der Waals surface area contributed by atoms with E-state index in [1.165, 1.54) is 0 Å². The van der Waals surface area contributed by atoms with Gasteiger partial charge in [0.25, 0.3) is 0 Å². The molecular weight excluding hydrogens is 150 g/mol. The molecule has 1 heterocycles. The fourth-order valence-corrected chi connectivity index (χ4v) is 0.763. The Morgan fingerprint density at radius 3 is 2.09 bits per heavy atom. The normalized spacial score (nSPS) is 17.3. The van der Waals surface area contributed by atoms with Gasteiger partial charge in [-0.2, -0.15) is 0 Å². The molecule has 1 rings (SSSR count). The van der Waals surface area contributed by atoms with Crippen LogP contribution in [-0.2, 0) is 9.59 Å². The average molecular weight is 158 g/mol. The van der Waals surface area contributed by atoms with Crippen LogP contribution in [0.15, 0.2) is 0 Å². The van der Waals surface area contributed by atoms with E-state index >= 15 is 0 Å². The maximum Gasteiger partial charge on any atom is 0.543 e. The largest absolute Gasteiger partial charge is 0.543 e. The van der Waals surface area contributed by atoms with Crippen molar-refractivity contribution in [2.45, 2.75) is 12.8 Å². The van der Waals surface area contributed by atoms with Crippen molar-refractivity contribution in [2.75, 3.05) is 0 Å². The zero-order valence-electron chi connectivity index (χ0n) is 5.74. The summed E-state index contributed by atoms with van der Waals surface area (Å²) in [5.41, 5.74) is 9.85. The van der Waals surface area contributed by atoms with Crippen molar-refractivity contribution in [3.05, 3.63) is 0 Å². The molecule has 1 aliphatic heterocycles. The third-order valence-corrected chi connectivity index (χ3v) is 1.20. The highest BCUT2D eigenvalue weighted by atomic mass is 16.6. The maximum atomic E-state index is 10.8. The first-order valence-corrected chi connectivity index (χ1v) is 3.03. The lowest BCUT2D eigenvalue weighted by atomic mass is 10.4. The monoisotopic (exact) mass is 158 g/mol. The van der Waals surface area contributed by atoms with Gasteiger partial charge in [0, 0.05) is 12.8 Å². The number of rotatable bonds is 1. The van der Waals surface area contributed by atoms with Gasteiger partial charge in [0.2, 0.25) is 0 Å². The molecule has 11 heavy (non-hydrogen) atoms. The van der Waals surface area contributed by atoms with Gasteiger partial charge in [0.05, 0.1) is 5.06 Å². The molecule has 4 N–H and O–H groups in total. The van der Waals surface area contributed by atoms with Gasteiger partial charge < -0.3 is 0 Å². The Kier molecular flexibility index (Phi) is 1.75. The van der Waals surface area contributed by atoms with Crippen LogP contribution in [0, 0.1) is 0 Å². The second kappa shape index (κ2) is 2.57. The molecule has 0 spiro atoms. The number of hydrogen-bond acceptors (Lipinski definition) is 2. The van der Waals surface area contributed by atoms with Gasteiger partial charge in [-0.25, -0.2) is 0 Å². The Bertz CT molecular complexity index is 215. The van der Waals surface area contributed by atoms with E-state index < -0.39 is 17.8 Å². The number of amides is 4. The molecule has 0 bridgehead atoms. The second-order valence-electron chi connectivity index (χ2n) is 2.08. The summed E-state index contributed by atoms with van der Waals surface area (Å²) in [5, 5.41) is 0.579. The van der Waals surface area contributed by atoms with E-state index in [9.17, 15) is 9.59 Å². The molecule has 6 heteroatoms. The number of carbonyl (C=O) groups excluding carboxylic acids is 3. The van der Waals surface area contributed by atoms with Gasteiger partial charge in [-0.1, -0.05) is 0 Å². The molecule has 0 aromatic rings. The van der Waals surface area contributed by atoms with Crippen molar-refractivity contribution >= 4 is 17.8 Å². The summed E-state index contributed by atoms with van der Waals surface area (Å²) in [4.78, 5) is 21.6. The first kappa shape index (κ1) is 7.52. The minimum absolute atomic E-state index is 0.159. The van der Waals surface area contributed by atoms with Crippen molar-refractivity contribution in [1.82, 2.24) is 5.06 Å². The van der Waals surface area contributed by atoms with Crippen LogP contribution in [0.2, 0.25) is 0 Å². The van der Waals surface area contributed by atoms with Gasteiger partial charge in [-0.15, -0.1) is 0 Å². The van der Waals surface area contributed by atoms with Crippen LogP contribution in [0.25, 0.3) is 0 Å². The summed E-state index contributed by atoms with van der Waals surface area (Å²) in [6.45, 7) is 0. The number of hydroxylamine groups is 2. The van der Waals surface area contributed by atoms with Crippen molar-refractivity contribution in [2.24, 2.45) is 11.5 Å². The summed E-state index contributed by atoms with van der Waals surface area (Å²) in [6, 6.07) is -0.409. The lowest BCUT2D eigenvalue weighted by molar-refractivity contribution is -0.337. The molecule has 60 valence electrons. The number of hydrogen-bond donors (Lipinski definition) is 2. The maximum absolute atomic E-state index is 10.8. The van der Waals surface area contributed by atoms with Crippen molar-refractivity contribution in [3.63, 3.8) is 0 Å². The van der Waals surface area contributed by atoms with Gasteiger partial charge in [-0.3, -0.25) is 21.1 Å². The highest BCUT2D eigenvalue weighted by Crippen LogP contribution is 2.13. The van der Waals surface area contributed by atoms with Crippen molar-refractivity contribution in [1.29, 1.82) is 0 Å². The summed E-state index contributed by atoms with van der Waals surface area (Å²) in [7, 11) is 0. The van der Waals surface area contributed by atoms with Gasteiger partial charge in [-0.05, 0) is 4.53 Å². The molecule has 0 atom stereocenters. The fourth-order valence-electron chi connectivity index (χ4n) is 0.763. The Morgan fingerprint density at radius 2 is 1.73 bits per heavy atom. The SMILES string of the molecule is NC(N)=[O+]N1C(=O)CCC1=O. The van der Waals surface area contributed by atoms with Crippen LogP contribution in [0.1, 0.15) is 12.8 Å². The molecule has 0 radical (unpaired) electrons.